The van der Waals surface area contributed by atoms with Crippen LogP contribution in [0.15, 0.2) is 103 Å². The molecule has 0 spiro atoms. The summed E-state index contributed by atoms with van der Waals surface area (Å²) in [4.78, 5) is 0. The first-order chi connectivity index (χ1) is 17.6. The summed E-state index contributed by atoms with van der Waals surface area (Å²) in [6.45, 7) is 11.4. The number of rotatable bonds is 12. The molecule has 3 atom stereocenters. The first kappa shape index (κ1) is 28.9. The zero-order chi connectivity index (χ0) is 26.9. The Kier molecular flexibility index (Phi) is 10.3. The van der Waals surface area contributed by atoms with E-state index < -0.39 is 20.5 Å². The fourth-order valence-electron chi connectivity index (χ4n) is 4.65. The molecule has 37 heavy (non-hydrogen) atoms. The minimum atomic E-state index is -2.74. The van der Waals surface area contributed by atoms with Crippen LogP contribution >= 0.6 is 0 Å². The highest BCUT2D eigenvalue weighted by atomic mass is 28.4. The van der Waals surface area contributed by atoms with Crippen molar-refractivity contribution in [3.05, 3.63) is 108 Å². The number of benzene rings is 3. The summed E-state index contributed by atoms with van der Waals surface area (Å²) >= 11 is 0. The third-order valence-electron chi connectivity index (χ3n) is 6.98. The van der Waals surface area contributed by atoms with E-state index in [0.29, 0.717) is 18.8 Å². The number of ether oxygens (including phenoxy) is 1. The van der Waals surface area contributed by atoms with Gasteiger partial charge in [-0.1, -0.05) is 119 Å². The Morgan fingerprint density at radius 2 is 1.32 bits per heavy atom. The van der Waals surface area contributed by atoms with Gasteiger partial charge in [0, 0.05) is 12.3 Å². The number of aliphatic hydroxyl groups is 2. The molecule has 0 radical (unpaired) electrons. The predicted octanol–water partition coefficient (Wildman–Crippen LogP) is 5.43. The second-order valence-electron chi connectivity index (χ2n) is 10.9. The van der Waals surface area contributed by atoms with Crippen molar-refractivity contribution in [1.82, 2.24) is 0 Å². The molecule has 4 nitrogen and oxygen atoms in total. The molecule has 3 rings (SSSR count). The predicted molar refractivity (Wildman–Crippen MR) is 154 cm³/mol. The third kappa shape index (κ3) is 7.42. The van der Waals surface area contributed by atoms with Crippen LogP contribution in [0, 0.1) is 5.92 Å². The van der Waals surface area contributed by atoms with Gasteiger partial charge in [0.15, 0.2) is 0 Å². The van der Waals surface area contributed by atoms with Gasteiger partial charge < -0.3 is 19.4 Å². The molecule has 0 aromatic heterocycles. The van der Waals surface area contributed by atoms with E-state index >= 15 is 0 Å². The van der Waals surface area contributed by atoms with Gasteiger partial charge in [0.05, 0.1) is 31.7 Å². The lowest BCUT2D eigenvalue weighted by Crippen LogP contribution is -2.65. The number of aliphatic hydroxyl groups excluding tert-OH is 2. The average Bonchev–Trinajstić information content (AvgIpc) is 2.89. The highest BCUT2D eigenvalue weighted by molar-refractivity contribution is 6.99. The Morgan fingerprint density at radius 3 is 1.81 bits per heavy atom. The van der Waals surface area contributed by atoms with Crippen LogP contribution in [-0.4, -0.2) is 37.3 Å². The van der Waals surface area contributed by atoms with Gasteiger partial charge in [-0.3, -0.25) is 0 Å². The van der Waals surface area contributed by atoms with Crippen molar-refractivity contribution < 1.29 is 19.4 Å². The van der Waals surface area contributed by atoms with Crippen molar-refractivity contribution in [1.29, 1.82) is 0 Å². The van der Waals surface area contributed by atoms with Crippen molar-refractivity contribution in [2.75, 3.05) is 6.61 Å². The van der Waals surface area contributed by atoms with Crippen LogP contribution < -0.4 is 10.4 Å². The Labute approximate surface area is 223 Å². The van der Waals surface area contributed by atoms with Gasteiger partial charge in [0.2, 0.25) is 0 Å². The maximum atomic E-state index is 10.9. The summed E-state index contributed by atoms with van der Waals surface area (Å²) in [7, 11) is -2.74. The van der Waals surface area contributed by atoms with Gasteiger partial charge in [-0.25, -0.2) is 0 Å². The van der Waals surface area contributed by atoms with Crippen LogP contribution in [0.25, 0.3) is 0 Å². The average molecular weight is 519 g/mol. The number of hydrogen-bond acceptors (Lipinski definition) is 4. The molecule has 0 amide bonds. The first-order valence-electron chi connectivity index (χ1n) is 13.1. The number of hydrogen-bond donors (Lipinski definition) is 2. The fourth-order valence-corrected chi connectivity index (χ4v) is 9.02. The highest BCUT2D eigenvalue weighted by Crippen LogP contribution is 2.37. The molecule has 0 fully saturated rings. The van der Waals surface area contributed by atoms with E-state index in [1.807, 2.05) is 56.3 Å². The summed E-state index contributed by atoms with van der Waals surface area (Å²) in [6, 6.07) is 30.8. The summed E-state index contributed by atoms with van der Waals surface area (Å²) in [5.74, 6) is -0.108. The summed E-state index contributed by atoms with van der Waals surface area (Å²) in [5.41, 5.74) is 1.80. The first-order valence-corrected chi connectivity index (χ1v) is 15.0. The molecular formula is C32H42O4Si. The van der Waals surface area contributed by atoms with E-state index in [4.69, 9.17) is 9.16 Å². The second kappa shape index (κ2) is 13.2. The van der Waals surface area contributed by atoms with Gasteiger partial charge >= 0.3 is 8.32 Å². The molecule has 198 valence electrons. The topological polar surface area (TPSA) is 58.9 Å². The molecular weight excluding hydrogens is 476 g/mol. The molecule has 0 unspecified atom stereocenters. The molecule has 3 aromatic carbocycles. The van der Waals surface area contributed by atoms with Gasteiger partial charge in [-0.15, -0.1) is 0 Å². The van der Waals surface area contributed by atoms with Crippen LogP contribution in [0.4, 0.5) is 0 Å². The monoisotopic (exact) mass is 518 g/mol. The van der Waals surface area contributed by atoms with Crippen LogP contribution in [0.5, 0.6) is 0 Å². The molecule has 0 saturated heterocycles. The van der Waals surface area contributed by atoms with Crippen molar-refractivity contribution in [3.63, 3.8) is 0 Å². The zero-order valence-electron chi connectivity index (χ0n) is 22.8. The molecule has 0 saturated carbocycles. The zero-order valence-corrected chi connectivity index (χ0v) is 23.8. The third-order valence-corrected chi connectivity index (χ3v) is 11.9. The quantitative estimate of drug-likeness (QED) is 0.248. The maximum Gasteiger partial charge on any atom is 0.319 e. The molecule has 2 N–H and O–H groups in total. The van der Waals surface area contributed by atoms with Crippen LogP contribution in [0.3, 0.4) is 0 Å². The lowest BCUT2D eigenvalue weighted by molar-refractivity contribution is 0.00835. The fraction of sp³-hybridized carbons (Fsp3) is 0.375. The van der Waals surface area contributed by atoms with Gasteiger partial charge in [-0.05, 0) is 33.5 Å². The summed E-state index contributed by atoms with van der Waals surface area (Å²) in [5, 5.41) is 23.9. The van der Waals surface area contributed by atoms with E-state index in [9.17, 15) is 10.2 Å². The van der Waals surface area contributed by atoms with Gasteiger partial charge in [0.25, 0.3) is 0 Å². The molecule has 0 aliphatic rings. The van der Waals surface area contributed by atoms with Crippen molar-refractivity contribution in [3.8, 4) is 0 Å². The molecule has 3 aromatic rings. The van der Waals surface area contributed by atoms with E-state index in [0.717, 1.165) is 5.56 Å². The molecule has 0 bridgehead atoms. The van der Waals surface area contributed by atoms with Gasteiger partial charge in [-0.2, -0.15) is 0 Å². The molecule has 5 heteroatoms. The van der Waals surface area contributed by atoms with Crippen molar-refractivity contribution in [2.45, 2.75) is 64.9 Å². The Bertz CT molecular complexity index is 1050. The Hall–Kier alpha value is -2.70. The van der Waals surface area contributed by atoms with Crippen LogP contribution in [0.2, 0.25) is 5.04 Å². The van der Waals surface area contributed by atoms with Gasteiger partial charge in [0.1, 0.15) is 0 Å². The lowest BCUT2D eigenvalue weighted by Gasteiger charge is -2.42. The summed E-state index contributed by atoms with van der Waals surface area (Å²) in [6.07, 6.45) is 0.445. The molecule has 0 aliphatic heterocycles. The lowest BCUT2D eigenvalue weighted by atomic mass is 9.97. The smallest absolute Gasteiger partial charge is 0.319 e. The molecule has 0 aliphatic carbocycles. The minimum Gasteiger partial charge on any atom is -0.540 e. The van der Waals surface area contributed by atoms with E-state index in [1.165, 1.54) is 10.4 Å². The standard InChI is InChI=1S/C32H42O4Si/c1-25(22-35-24-27-15-9-6-10-16-27)30(33)21-31(34)26(2)23-36-37(32(3,4)5,28-17-11-7-12-18-28)29-19-13-8-14-20-29/h6-20,23,25,30-31,33-34H,21-22,24H2,1-5H3/b26-23+/t25-,30+,31+/m1/s1. The normalized spacial score (nSPS) is 15.2. The van der Waals surface area contributed by atoms with Crippen LogP contribution in [-0.2, 0) is 15.8 Å². The minimum absolute atomic E-state index is 0.108. The van der Waals surface area contributed by atoms with Crippen molar-refractivity contribution >= 4 is 18.7 Å². The SMILES string of the molecule is C/C(=C\O[Si](c1ccccc1)(c1ccccc1)C(C)(C)C)[C@@H](O)C[C@H](O)[C@H](C)COCc1ccccc1. The highest BCUT2D eigenvalue weighted by Gasteiger charge is 2.51. The Morgan fingerprint density at radius 1 is 0.838 bits per heavy atom. The van der Waals surface area contributed by atoms with E-state index in [-0.39, 0.29) is 17.4 Å². The van der Waals surface area contributed by atoms with Crippen molar-refractivity contribution in [2.24, 2.45) is 5.92 Å². The Balaban J connectivity index is 1.72. The van der Waals surface area contributed by atoms with E-state index in [2.05, 4.69) is 69.3 Å². The maximum absolute atomic E-state index is 10.9. The van der Waals surface area contributed by atoms with E-state index in [1.54, 1.807) is 6.26 Å². The molecule has 0 heterocycles. The summed E-state index contributed by atoms with van der Waals surface area (Å²) < 4.78 is 12.6. The largest absolute Gasteiger partial charge is 0.540 e. The van der Waals surface area contributed by atoms with Crippen LogP contribution in [0.1, 0.15) is 46.6 Å². The second-order valence-corrected chi connectivity index (χ2v) is 15.2.